The van der Waals surface area contributed by atoms with Crippen LogP contribution in [0.4, 0.5) is 18.9 Å². The molecule has 4 aromatic rings. The summed E-state index contributed by atoms with van der Waals surface area (Å²) in [5, 5.41) is 4.94. The van der Waals surface area contributed by atoms with Crippen molar-refractivity contribution in [1.82, 2.24) is 0 Å². The molecule has 0 saturated heterocycles. The number of alkyl halides is 3. The molecule has 0 amide bonds. The third-order valence-corrected chi connectivity index (χ3v) is 8.31. The Morgan fingerprint density at radius 1 is 0.900 bits per heavy atom. The van der Waals surface area contributed by atoms with E-state index in [0.717, 1.165) is 18.0 Å². The number of hydrogen-bond acceptors (Lipinski definition) is 4. The Bertz CT molecular complexity index is 1550. The van der Waals surface area contributed by atoms with Crippen molar-refractivity contribution in [2.75, 3.05) is 5.32 Å². The summed E-state index contributed by atoms with van der Waals surface area (Å²) < 4.78 is 63.7. The fourth-order valence-electron chi connectivity index (χ4n) is 5.40. The highest BCUT2D eigenvalue weighted by molar-refractivity contribution is 7.86. The first-order valence-electron chi connectivity index (χ1n) is 13.3. The minimum atomic E-state index is -5.84. The number of anilines is 1. The lowest BCUT2D eigenvalue weighted by molar-refractivity contribution is -0.0510. The zero-order valence-corrected chi connectivity index (χ0v) is 23.6. The van der Waals surface area contributed by atoms with Crippen LogP contribution in [-0.4, -0.2) is 18.5 Å². The number of aryl methyl sites for hydroxylation is 2. The van der Waals surface area contributed by atoms with Crippen LogP contribution in [-0.2, 0) is 16.7 Å². The third-order valence-electron chi connectivity index (χ3n) is 7.72. The van der Waals surface area contributed by atoms with Gasteiger partial charge in [0.15, 0.2) is 0 Å². The fourth-order valence-corrected chi connectivity index (χ4v) is 5.40. The van der Waals surface area contributed by atoms with Gasteiger partial charge in [0.1, 0.15) is 5.58 Å². The summed E-state index contributed by atoms with van der Waals surface area (Å²) in [6.07, 6.45) is 8.75. The minimum Gasteiger partial charge on any atom is -0.463 e. The van der Waals surface area contributed by atoms with Crippen LogP contribution in [0.5, 0.6) is 0 Å². The molecule has 9 heteroatoms. The molecule has 5 nitrogen and oxygen atoms in total. The van der Waals surface area contributed by atoms with E-state index in [1.807, 2.05) is 6.26 Å². The average Bonchev–Trinajstić information content (AvgIpc) is 3.38. The number of nitrogens with one attached hydrogen (secondary N) is 1. The molecule has 3 aromatic carbocycles. The summed E-state index contributed by atoms with van der Waals surface area (Å²) in [5.41, 5.74) is 5.65. The van der Waals surface area contributed by atoms with Gasteiger partial charge in [0.25, 0.3) is 0 Å². The topological polar surface area (TPSA) is 79.5 Å². The minimum absolute atomic E-state index is 0.735. The highest BCUT2D eigenvalue weighted by Gasteiger charge is 2.44. The van der Waals surface area contributed by atoms with Gasteiger partial charge in [-0.2, -0.15) is 21.6 Å². The lowest BCUT2D eigenvalue weighted by Gasteiger charge is -2.22. The molecule has 1 heterocycles. The van der Waals surface area contributed by atoms with E-state index in [1.165, 1.54) is 82.1 Å². The van der Waals surface area contributed by atoms with Crippen molar-refractivity contribution in [3.8, 4) is 11.1 Å². The second kappa shape index (κ2) is 12.1. The van der Waals surface area contributed by atoms with Gasteiger partial charge in [-0.25, -0.2) is 0 Å². The van der Waals surface area contributed by atoms with E-state index in [-0.39, 0.29) is 0 Å². The van der Waals surface area contributed by atoms with E-state index in [2.05, 4.69) is 80.7 Å². The fraction of sp³-hybridized carbons (Fsp3) is 0.355. The maximum atomic E-state index is 10.7. The molecule has 0 aliphatic heterocycles. The van der Waals surface area contributed by atoms with Crippen LogP contribution in [0.1, 0.15) is 65.8 Å². The monoisotopic (exact) mass is 573 g/mol. The number of fused-ring (bicyclic) bond motifs is 1. The van der Waals surface area contributed by atoms with Crippen molar-refractivity contribution in [3.05, 3.63) is 88.7 Å². The SMILES string of the molecule is Cc1c(NCc2ccccc2)c(C)c2c(-c3ccc(C4CCCCC4)cc3)coc2c1C.O=S(=O)(O)C(F)(F)F. The van der Waals surface area contributed by atoms with E-state index in [0.29, 0.717) is 0 Å². The molecule has 1 aromatic heterocycles. The normalized spacial score (nSPS) is 14.6. The molecule has 5 rings (SSSR count). The van der Waals surface area contributed by atoms with E-state index in [4.69, 9.17) is 17.4 Å². The Kier molecular flexibility index (Phi) is 8.95. The zero-order valence-electron chi connectivity index (χ0n) is 22.8. The number of furan rings is 1. The van der Waals surface area contributed by atoms with E-state index in [1.54, 1.807) is 0 Å². The van der Waals surface area contributed by atoms with Crippen molar-refractivity contribution < 1.29 is 30.6 Å². The molecule has 1 saturated carbocycles. The largest absolute Gasteiger partial charge is 0.522 e. The van der Waals surface area contributed by atoms with Crippen molar-refractivity contribution in [3.63, 3.8) is 0 Å². The molecular formula is C31H34F3NO4S. The Hall–Kier alpha value is -3.30. The summed E-state index contributed by atoms with van der Waals surface area (Å²) in [7, 11) is -5.84. The quantitative estimate of drug-likeness (QED) is 0.184. The lowest BCUT2D eigenvalue weighted by Crippen LogP contribution is -2.21. The first-order valence-corrected chi connectivity index (χ1v) is 14.7. The summed E-state index contributed by atoms with van der Waals surface area (Å²) in [4.78, 5) is 0. The third kappa shape index (κ3) is 6.53. The molecule has 0 spiro atoms. The van der Waals surface area contributed by atoms with Gasteiger partial charge in [0, 0.05) is 23.2 Å². The predicted octanol–water partition coefficient (Wildman–Crippen LogP) is 9.08. The van der Waals surface area contributed by atoms with E-state index >= 15 is 0 Å². The molecule has 0 atom stereocenters. The maximum Gasteiger partial charge on any atom is 0.522 e. The van der Waals surface area contributed by atoms with Gasteiger partial charge in [0.2, 0.25) is 0 Å². The molecule has 214 valence electrons. The molecule has 0 radical (unpaired) electrons. The predicted molar refractivity (Wildman–Crippen MR) is 153 cm³/mol. The van der Waals surface area contributed by atoms with Crippen molar-refractivity contribution in [2.24, 2.45) is 0 Å². The van der Waals surface area contributed by atoms with Gasteiger partial charge < -0.3 is 9.73 Å². The number of halogens is 3. The van der Waals surface area contributed by atoms with Crippen LogP contribution < -0.4 is 5.32 Å². The Morgan fingerprint density at radius 3 is 2.08 bits per heavy atom. The van der Waals surface area contributed by atoms with Gasteiger partial charge in [-0.05, 0) is 72.9 Å². The molecule has 2 N–H and O–H groups in total. The molecule has 40 heavy (non-hydrogen) atoms. The van der Waals surface area contributed by atoms with Crippen LogP contribution in [0.3, 0.4) is 0 Å². The van der Waals surface area contributed by atoms with Gasteiger partial charge in [0.05, 0.1) is 6.26 Å². The summed E-state index contributed by atoms with van der Waals surface area (Å²) in [5.74, 6) is 0.735. The molecule has 1 aliphatic carbocycles. The highest BCUT2D eigenvalue weighted by atomic mass is 32.2. The smallest absolute Gasteiger partial charge is 0.463 e. The van der Waals surface area contributed by atoms with Crippen LogP contribution in [0.25, 0.3) is 22.1 Å². The van der Waals surface area contributed by atoms with Crippen molar-refractivity contribution in [1.29, 1.82) is 0 Å². The highest BCUT2D eigenvalue weighted by Crippen LogP contribution is 2.41. The van der Waals surface area contributed by atoms with Crippen molar-refractivity contribution in [2.45, 2.75) is 70.8 Å². The Balaban J connectivity index is 0.000000406. The van der Waals surface area contributed by atoms with Gasteiger partial charge in [-0.1, -0.05) is 73.9 Å². The number of rotatable bonds is 5. The maximum absolute atomic E-state index is 10.7. The van der Waals surface area contributed by atoms with Crippen LogP contribution in [0.2, 0.25) is 0 Å². The van der Waals surface area contributed by atoms with Crippen molar-refractivity contribution >= 4 is 26.8 Å². The summed E-state index contributed by atoms with van der Waals surface area (Å²) >= 11 is 0. The van der Waals surface area contributed by atoms with Crippen LogP contribution >= 0.6 is 0 Å². The summed E-state index contributed by atoms with van der Waals surface area (Å²) in [6.45, 7) is 7.40. The molecule has 1 fully saturated rings. The molecule has 1 aliphatic rings. The Labute approximate surface area is 233 Å². The molecular weight excluding hydrogens is 539 g/mol. The standard InChI is InChI=1S/C30H33NO.CHF3O3S/c1-20-21(2)30-28(22(3)29(20)31-18-23-10-6-4-7-11-23)27(19-32-30)26-16-14-25(15-17-26)24-12-8-5-9-13-24;2-1(3,4)8(5,6)7/h4,6-7,10-11,14-17,19,24,31H,5,8-9,12-13,18H2,1-3H3;(H,5,6,7). The number of hydrogen-bond donors (Lipinski definition) is 2. The first kappa shape index (κ1) is 29.7. The molecule has 0 unspecified atom stereocenters. The lowest BCUT2D eigenvalue weighted by atomic mass is 9.83. The second-order valence-corrected chi connectivity index (χ2v) is 11.7. The van der Waals surface area contributed by atoms with Gasteiger partial charge >= 0.3 is 15.6 Å². The first-order chi connectivity index (χ1) is 18.9. The van der Waals surface area contributed by atoms with E-state index < -0.39 is 15.6 Å². The number of benzene rings is 3. The Morgan fingerprint density at radius 2 is 1.50 bits per heavy atom. The van der Waals surface area contributed by atoms with Crippen LogP contribution in [0, 0.1) is 20.8 Å². The zero-order chi connectivity index (χ0) is 29.1. The van der Waals surface area contributed by atoms with Gasteiger partial charge in [-0.3, -0.25) is 4.55 Å². The summed E-state index contributed by atoms with van der Waals surface area (Å²) in [6, 6.07) is 19.9. The van der Waals surface area contributed by atoms with Crippen LogP contribution in [0.15, 0.2) is 65.3 Å². The second-order valence-electron chi connectivity index (χ2n) is 10.3. The van der Waals surface area contributed by atoms with E-state index in [9.17, 15) is 13.2 Å². The molecule has 0 bridgehead atoms. The average molecular weight is 574 g/mol. The van der Waals surface area contributed by atoms with Gasteiger partial charge in [-0.15, -0.1) is 0 Å².